The molecule has 4 bridgehead atoms. The fourth-order valence-electron chi connectivity index (χ4n) is 5.03. The molecule has 0 unspecified atom stereocenters. The average molecular weight is 305 g/mol. The van der Waals surface area contributed by atoms with E-state index < -0.39 is 0 Å². The maximum absolute atomic E-state index is 12.8. The lowest BCUT2D eigenvalue weighted by molar-refractivity contribution is -0.144. The Balaban J connectivity index is 1.44. The predicted molar refractivity (Wildman–Crippen MR) is 81.4 cm³/mol. The quantitative estimate of drug-likeness (QED) is 0.726. The van der Waals surface area contributed by atoms with Gasteiger partial charge in [0.2, 0.25) is 11.9 Å². The first-order chi connectivity index (χ1) is 10.1. The number of hydrogen-bond acceptors (Lipinski definition) is 4. The third-order valence-electron chi connectivity index (χ3n) is 5.39. The van der Waals surface area contributed by atoms with Gasteiger partial charge in [0.1, 0.15) is 6.33 Å². The normalized spacial score (nSPS) is 36.5. The smallest absolute Gasteiger partial charge is 0.232 e. The fourth-order valence-corrected chi connectivity index (χ4v) is 5.22. The molecule has 6 nitrogen and oxygen atoms in total. The van der Waals surface area contributed by atoms with Crippen molar-refractivity contribution in [2.24, 2.45) is 23.2 Å². The number of carbonyl (C=O) groups is 1. The van der Waals surface area contributed by atoms with Crippen molar-refractivity contribution in [3.63, 3.8) is 0 Å². The number of nitrogens with zero attached hydrogens (tertiary/aromatic N) is 2. The fraction of sp³-hybridized carbons (Fsp3) is 0.714. The van der Waals surface area contributed by atoms with Crippen LogP contribution in [-0.4, -0.2) is 26.2 Å². The summed E-state index contributed by atoms with van der Waals surface area (Å²) in [5.41, 5.74) is -0.179. The molecule has 112 valence electrons. The number of hydrogen-bond donors (Lipinski definition) is 3. The van der Waals surface area contributed by atoms with Crippen LogP contribution in [0.2, 0.25) is 0 Å². The highest BCUT2D eigenvalue weighted by molar-refractivity contribution is 7.80. The highest BCUT2D eigenvalue weighted by atomic mass is 32.1. The van der Waals surface area contributed by atoms with Crippen molar-refractivity contribution in [2.45, 2.75) is 38.5 Å². The van der Waals surface area contributed by atoms with E-state index in [1.807, 2.05) is 0 Å². The minimum atomic E-state index is -0.179. The highest BCUT2D eigenvalue weighted by Crippen LogP contribution is 2.60. The molecule has 0 atom stereocenters. The molecule has 4 aliphatic rings. The molecule has 7 heteroatoms. The van der Waals surface area contributed by atoms with Gasteiger partial charge in [-0.1, -0.05) is 0 Å². The molecular weight excluding hydrogens is 286 g/mol. The number of carbonyl (C=O) groups excluding carboxylic acids is 1. The predicted octanol–water partition coefficient (Wildman–Crippen LogP) is 1.83. The number of aromatic amines is 1. The molecule has 4 saturated carbocycles. The standard InChI is InChI=1S/C14H19N5OS/c20-11(17-13(21)18-12-15-7-16-19-12)14-4-8-1-9(5-14)3-10(2-8)6-14/h7-10H,1-6H2,(H3,15,16,17,18,19,20,21). The second kappa shape index (κ2) is 4.76. The van der Waals surface area contributed by atoms with Crippen LogP contribution in [0.3, 0.4) is 0 Å². The molecule has 3 N–H and O–H groups in total. The largest absolute Gasteiger partial charge is 0.302 e. The van der Waals surface area contributed by atoms with E-state index >= 15 is 0 Å². The average Bonchev–Trinajstić information content (AvgIpc) is 2.89. The Morgan fingerprint density at radius 1 is 1.24 bits per heavy atom. The van der Waals surface area contributed by atoms with Gasteiger partial charge in [0.15, 0.2) is 5.11 Å². The van der Waals surface area contributed by atoms with Crippen molar-refractivity contribution in [2.75, 3.05) is 5.32 Å². The minimum absolute atomic E-state index is 0.0959. The Kier molecular flexibility index (Phi) is 2.99. The third-order valence-corrected chi connectivity index (χ3v) is 5.60. The van der Waals surface area contributed by atoms with Gasteiger partial charge in [0.05, 0.1) is 5.41 Å². The maximum Gasteiger partial charge on any atom is 0.232 e. The van der Waals surface area contributed by atoms with Crippen LogP contribution >= 0.6 is 12.2 Å². The van der Waals surface area contributed by atoms with Crippen molar-refractivity contribution in [1.82, 2.24) is 20.5 Å². The third kappa shape index (κ3) is 2.33. The van der Waals surface area contributed by atoms with Crippen LogP contribution < -0.4 is 10.6 Å². The van der Waals surface area contributed by atoms with Gasteiger partial charge in [0, 0.05) is 0 Å². The number of amides is 1. The number of anilines is 1. The molecule has 1 amide bonds. The number of nitrogens with one attached hydrogen (secondary N) is 3. The van der Waals surface area contributed by atoms with E-state index in [9.17, 15) is 4.79 Å². The van der Waals surface area contributed by atoms with Crippen molar-refractivity contribution in [3.8, 4) is 0 Å². The van der Waals surface area contributed by atoms with Crippen LogP contribution in [0.15, 0.2) is 6.33 Å². The summed E-state index contributed by atoms with van der Waals surface area (Å²) in [5.74, 6) is 2.79. The van der Waals surface area contributed by atoms with Crippen LogP contribution in [0.4, 0.5) is 5.95 Å². The number of H-pyrrole nitrogens is 1. The van der Waals surface area contributed by atoms with E-state index in [0.717, 1.165) is 37.0 Å². The molecule has 0 aliphatic heterocycles. The van der Waals surface area contributed by atoms with Gasteiger partial charge in [-0.3, -0.25) is 4.79 Å². The molecule has 0 saturated heterocycles. The second-order valence-electron chi connectivity index (χ2n) is 6.94. The molecular formula is C14H19N5OS. The number of thiocarbonyl (C=S) groups is 1. The van der Waals surface area contributed by atoms with Crippen molar-refractivity contribution in [3.05, 3.63) is 6.33 Å². The van der Waals surface area contributed by atoms with Crippen molar-refractivity contribution >= 4 is 29.2 Å². The first kappa shape index (κ1) is 13.2. The number of aromatic nitrogens is 3. The Labute approximate surface area is 128 Å². The van der Waals surface area contributed by atoms with E-state index in [2.05, 4.69) is 25.8 Å². The van der Waals surface area contributed by atoms with Crippen LogP contribution in [0.5, 0.6) is 0 Å². The van der Waals surface area contributed by atoms with Gasteiger partial charge in [-0.25, -0.2) is 5.10 Å². The van der Waals surface area contributed by atoms with Gasteiger partial charge in [-0.15, -0.1) is 0 Å². The Hall–Kier alpha value is -1.50. The molecule has 1 aromatic heterocycles. The summed E-state index contributed by atoms with van der Waals surface area (Å²) in [6.07, 6.45) is 8.49. The second-order valence-corrected chi connectivity index (χ2v) is 7.35. The van der Waals surface area contributed by atoms with Crippen molar-refractivity contribution < 1.29 is 4.79 Å². The lowest BCUT2D eigenvalue weighted by atomic mass is 9.49. The summed E-state index contributed by atoms with van der Waals surface area (Å²) >= 11 is 5.20. The Bertz CT molecular complexity index is 535. The summed E-state index contributed by atoms with van der Waals surface area (Å²) < 4.78 is 0. The molecule has 4 fully saturated rings. The molecule has 0 spiro atoms. The van der Waals surface area contributed by atoms with E-state index in [1.165, 1.54) is 25.6 Å². The first-order valence-electron chi connectivity index (χ1n) is 7.61. The van der Waals surface area contributed by atoms with Crippen LogP contribution in [-0.2, 0) is 4.79 Å². The zero-order valence-corrected chi connectivity index (χ0v) is 12.6. The monoisotopic (exact) mass is 305 g/mol. The summed E-state index contributed by atoms with van der Waals surface area (Å²) in [6, 6.07) is 0. The topological polar surface area (TPSA) is 82.7 Å². The summed E-state index contributed by atoms with van der Waals surface area (Å²) in [6.45, 7) is 0. The van der Waals surface area contributed by atoms with E-state index in [0.29, 0.717) is 11.1 Å². The number of rotatable bonds is 2. The lowest BCUT2D eigenvalue weighted by Crippen LogP contribution is -2.55. The summed E-state index contributed by atoms with van der Waals surface area (Å²) in [4.78, 5) is 16.7. The van der Waals surface area contributed by atoms with E-state index in [1.54, 1.807) is 0 Å². The van der Waals surface area contributed by atoms with Gasteiger partial charge < -0.3 is 10.6 Å². The van der Waals surface area contributed by atoms with Gasteiger partial charge in [-0.05, 0) is 68.5 Å². The molecule has 4 aliphatic carbocycles. The van der Waals surface area contributed by atoms with Gasteiger partial charge in [-0.2, -0.15) is 10.1 Å². The van der Waals surface area contributed by atoms with E-state index in [-0.39, 0.29) is 11.3 Å². The molecule has 21 heavy (non-hydrogen) atoms. The summed E-state index contributed by atoms with van der Waals surface area (Å²) in [5, 5.41) is 12.4. The Morgan fingerprint density at radius 2 is 1.86 bits per heavy atom. The van der Waals surface area contributed by atoms with Gasteiger partial charge in [0.25, 0.3) is 0 Å². The zero-order chi connectivity index (χ0) is 14.4. The molecule has 0 radical (unpaired) electrons. The summed E-state index contributed by atoms with van der Waals surface area (Å²) in [7, 11) is 0. The van der Waals surface area contributed by atoms with E-state index in [4.69, 9.17) is 12.2 Å². The zero-order valence-electron chi connectivity index (χ0n) is 11.8. The van der Waals surface area contributed by atoms with Crippen LogP contribution in [0, 0.1) is 23.2 Å². The van der Waals surface area contributed by atoms with Crippen LogP contribution in [0.1, 0.15) is 38.5 Å². The molecule has 1 aromatic rings. The van der Waals surface area contributed by atoms with Crippen molar-refractivity contribution in [1.29, 1.82) is 0 Å². The first-order valence-corrected chi connectivity index (χ1v) is 8.02. The SMILES string of the molecule is O=C(NC(=S)Nc1ncn[nH]1)C12CC3CC(CC(C3)C1)C2. The van der Waals surface area contributed by atoms with Crippen LogP contribution in [0.25, 0.3) is 0 Å². The van der Waals surface area contributed by atoms with Gasteiger partial charge >= 0.3 is 0 Å². The Morgan fingerprint density at radius 3 is 2.38 bits per heavy atom. The lowest BCUT2D eigenvalue weighted by Gasteiger charge is -2.55. The molecule has 1 heterocycles. The highest BCUT2D eigenvalue weighted by Gasteiger charge is 2.54. The minimum Gasteiger partial charge on any atom is -0.302 e. The maximum atomic E-state index is 12.8. The molecule has 0 aromatic carbocycles. The molecule has 5 rings (SSSR count).